The minimum atomic E-state index is -2.10. The van der Waals surface area contributed by atoms with Crippen LogP contribution >= 0.6 is 0 Å². The van der Waals surface area contributed by atoms with Gasteiger partial charge in [-0.25, -0.2) is 4.79 Å². The number of ether oxygens (including phenoxy) is 7. The normalized spacial score (nSPS) is 32.9. The fraction of sp³-hybridized carbons (Fsp3) is 0.429. The van der Waals surface area contributed by atoms with E-state index < -0.39 is 151 Å². The number of aliphatic hydroxyl groups excluding tert-OH is 9. The van der Waals surface area contributed by atoms with Gasteiger partial charge < -0.3 is 104 Å². The van der Waals surface area contributed by atoms with Crippen LogP contribution in [0.4, 0.5) is 0 Å². The first-order chi connectivity index (χ1) is 30.9. The van der Waals surface area contributed by atoms with Crippen molar-refractivity contribution in [2.45, 2.75) is 99.0 Å². The highest BCUT2D eigenvalue weighted by atomic mass is 16.8. The number of rotatable bonds is 12. The lowest BCUT2D eigenvalue weighted by Crippen LogP contribution is -2.66. The molecule has 23 nitrogen and oxygen atoms in total. The third kappa shape index (κ3) is 9.68. The quantitative estimate of drug-likeness (QED) is 0.0406. The average Bonchev–Trinajstić information content (AvgIpc) is 3.28. The van der Waals surface area contributed by atoms with E-state index in [0.29, 0.717) is 0 Å². The monoisotopic (exact) mass is 918 g/mol. The SMILES string of the molecule is CC1OC(Oc2cc(O)c3c(=O)c(OC4OC(CO)C(O)C(OC5OC(CO)C(O)C(O)C5O)C4OC(=O)C=Cc4ccc(O)c(O)c4)c(-c4ccc(O)cc4)oc3c2)C(O)C(O)C1O. The van der Waals surface area contributed by atoms with Gasteiger partial charge in [-0.1, -0.05) is 6.07 Å². The van der Waals surface area contributed by atoms with Gasteiger partial charge in [0.05, 0.1) is 19.3 Å². The second-order valence-corrected chi connectivity index (χ2v) is 15.4. The first-order valence-electron chi connectivity index (χ1n) is 19.9. The van der Waals surface area contributed by atoms with Gasteiger partial charge in [-0.05, 0) is 55.0 Å². The number of hydrogen-bond donors (Lipinski definition) is 13. The second kappa shape index (κ2) is 19.4. The van der Waals surface area contributed by atoms with Crippen molar-refractivity contribution in [3.63, 3.8) is 0 Å². The largest absolute Gasteiger partial charge is 0.508 e. The zero-order valence-corrected chi connectivity index (χ0v) is 33.8. The van der Waals surface area contributed by atoms with E-state index in [1.807, 2.05) is 0 Å². The summed E-state index contributed by atoms with van der Waals surface area (Å²) in [7, 11) is 0. The van der Waals surface area contributed by atoms with Crippen LogP contribution in [0.1, 0.15) is 12.5 Å². The molecule has 3 saturated heterocycles. The molecule has 0 aliphatic carbocycles. The Hall–Kier alpha value is -5.64. The fourth-order valence-electron chi connectivity index (χ4n) is 7.33. The van der Waals surface area contributed by atoms with Crippen molar-refractivity contribution in [2.24, 2.45) is 0 Å². The number of fused-ring (bicyclic) bond motifs is 1. The Morgan fingerprint density at radius 3 is 1.98 bits per heavy atom. The van der Waals surface area contributed by atoms with Crippen LogP contribution in [0, 0.1) is 0 Å². The second-order valence-electron chi connectivity index (χ2n) is 15.4. The maximum absolute atomic E-state index is 14.6. The molecule has 15 unspecified atom stereocenters. The van der Waals surface area contributed by atoms with Gasteiger partial charge in [0.15, 0.2) is 29.7 Å². The highest BCUT2D eigenvalue weighted by Gasteiger charge is 2.54. The molecule has 7 rings (SSSR count). The third-order valence-corrected chi connectivity index (χ3v) is 10.9. The van der Waals surface area contributed by atoms with Crippen molar-refractivity contribution >= 4 is 23.0 Å². The lowest BCUT2D eigenvalue weighted by molar-refractivity contribution is -0.353. The Labute approximate surface area is 365 Å². The number of hydrogen-bond acceptors (Lipinski definition) is 23. The van der Waals surface area contributed by atoms with Crippen molar-refractivity contribution in [2.75, 3.05) is 13.2 Å². The lowest BCUT2D eigenvalue weighted by atomic mass is 9.96. The van der Waals surface area contributed by atoms with E-state index in [1.54, 1.807) is 0 Å². The van der Waals surface area contributed by atoms with Crippen LogP contribution in [0.25, 0.3) is 28.4 Å². The molecular formula is C42H46O23. The van der Waals surface area contributed by atoms with E-state index in [9.17, 15) is 76.0 Å². The van der Waals surface area contributed by atoms with Crippen molar-refractivity contribution in [3.8, 4) is 45.8 Å². The summed E-state index contributed by atoms with van der Waals surface area (Å²) in [6.45, 7) is -0.466. The number of benzene rings is 3. The summed E-state index contributed by atoms with van der Waals surface area (Å²) in [5.41, 5.74) is -1.27. The van der Waals surface area contributed by atoms with E-state index in [-0.39, 0.29) is 28.2 Å². The Balaban J connectivity index is 1.31. The van der Waals surface area contributed by atoms with Crippen LogP contribution in [0.5, 0.6) is 34.5 Å². The molecule has 1 aromatic heterocycles. The van der Waals surface area contributed by atoms with Gasteiger partial charge >= 0.3 is 5.97 Å². The van der Waals surface area contributed by atoms with E-state index >= 15 is 0 Å². The van der Waals surface area contributed by atoms with E-state index in [1.165, 1.54) is 37.3 Å². The van der Waals surface area contributed by atoms with Gasteiger partial charge in [-0.3, -0.25) is 4.79 Å². The number of aliphatic hydroxyl groups is 9. The topological polar surface area (TPSA) is 375 Å². The molecule has 0 bridgehead atoms. The molecule has 3 fully saturated rings. The summed E-state index contributed by atoms with van der Waals surface area (Å²) in [4.78, 5) is 28.1. The highest BCUT2D eigenvalue weighted by Crippen LogP contribution is 2.40. The van der Waals surface area contributed by atoms with Crippen LogP contribution in [0.2, 0.25) is 0 Å². The molecule has 3 aliphatic rings. The molecule has 4 heterocycles. The van der Waals surface area contributed by atoms with Crippen molar-refractivity contribution in [1.82, 2.24) is 0 Å². The first kappa shape index (κ1) is 47.3. The maximum Gasteiger partial charge on any atom is 0.331 e. The molecule has 3 aromatic carbocycles. The highest BCUT2D eigenvalue weighted by molar-refractivity contribution is 5.89. The molecule has 4 aromatic rings. The molecule has 0 spiro atoms. The number of esters is 1. The van der Waals surface area contributed by atoms with Gasteiger partial charge in [0.2, 0.25) is 23.8 Å². The zero-order chi connectivity index (χ0) is 47.0. The molecule has 0 radical (unpaired) electrons. The predicted molar refractivity (Wildman–Crippen MR) is 214 cm³/mol. The third-order valence-electron chi connectivity index (χ3n) is 10.9. The Morgan fingerprint density at radius 2 is 1.31 bits per heavy atom. The van der Waals surface area contributed by atoms with Crippen molar-refractivity contribution in [1.29, 1.82) is 0 Å². The minimum absolute atomic E-state index is 0.0388. The van der Waals surface area contributed by atoms with Gasteiger partial charge in [0, 0.05) is 23.8 Å². The molecule has 3 aliphatic heterocycles. The Kier molecular flexibility index (Phi) is 14.2. The molecule has 0 saturated carbocycles. The Morgan fingerprint density at radius 1 is 0.662 bits per heavy atom. The van der Waals surface area contributed by atoms with Crippen molar-refractivity contribution < 1.29 is 109 Å². The maximum atomic E-state index is 14.6. The van der Waals surface area contributed by atoms with Gasteiger partial charge in [-0.2, -0.15) is 0 Å². The van der Waals surface area contributed by atoms with Crippen LogP contribution in [0.15, 0.2) is 69.9 Å². The average molecular weight is 919 g/mol. The zero-order valence-electron chi connectivity index (χ0n) is 33.8. The molecule has 352 valence electrons. The number of aromatic hydroxyl groups is 4. The molecule has 0 amide bonds. The molecular weight excluding hydrogens is 872 g/mol. The molecule has 15 atom stereocenters. The minimum Gasteiger partial charge on any atom is -0.508 e. The number of carbonyl (C=O) groups excluding carboxylic acids is 1. The van der Waals surface area contributed by atoms with Crippen LogP contribution in [-0.4, -0.2) is 178 Å². The molecule has 65 heavy (non-hydrogen) atoms. The number of phenolic OH excluding ortho intramolecular Hbond substituents is 4. The van der Waals surface area contributed by atoms with E-state index in [2.05, 4.69) is 0 Å². The molecule has 23 heteroatoms. The fourth-order valence-corrected chi connectivity index (χ4v) is 7.33. The summed E-state index contributed by atoms with van der Waals surface area (Å²) in [5, 5.41) is 135. The Bertz CT molecular complexity index is 2400. The van der Waals surface area contributed by atoms with Crippen LogP contribution < -0.4 is 14.9 Å². The van der Waals surface area contributed by atoms with E-state index in [4.69, 9.17) is 37.6 Å². The standard InChI is InChI=1S/C42H46O23/c1-15-28(50)32(54)34(56)40(58-15)59-19-11-22(48)27-23(12-19)60-36(17-4-6-18(45)7-5-17)38(31(27)53)65-42-39(63-26(49)9-3-16-2-8-20(46)21(47)10-16)37(30(52)25(14-44)62-42)64-41-35(57)33(55)29(51)24(13-43)61-41/h2-12,15,24-25,28-30,32-35,37,39-48,50-52,54-57H,13-14H2,1H3. The molecule has 13 N–H and O–H groups in total. The summed E-state index contributed by atoms with van der Waals surface area (Å²) in [6, 6.07) is 10.6. The summed E-state index contributed by atoms with van der Waals surface area (Å²) in [6.07, 6.45) is -24.7. The van der Waals surface area contributed by atoms with Gasteiger partial charge in [-0.15, -0.1) is 0 Å². The van der Waals surface area contributed by atoms with Gasteiger partial charge in [0.25, 0.3) is 0 Å². The summed E-state index contributed by atoms with van der Waals surface area (Å²) >= 11 is 0. The van der Waals surface area contributed by atoms with Crippen molar-refractivity contribution in [3.05, 3.63) is 76.5 Å². The first-order valence-corrected chi connectivity index (χ1v) is 19.9. The summed E-state index contributed by atoms with van der Waals surface area (Å²) in [5.74, 6) is -4.68. The lowest BCUT2D eigenvalue weighted by Gasteiger charge is -2.46. The van der Waals surface area contributed by atoms with Crippen LogP contribution in [-0.2, 0) is 28.5 Å². The number of carbonyl (C=O) groups is 1. The smallest absolute Gasteiger partial charge is 0.331 e. The van der Waals surface area contributed by atoms with E-state index in [0.717, 1.165) is 36.4 Å². The van der Waals surface area contributed by atoms with Crippen LogP contribution in [0.3, 0.4) is 0 Å². The van der Waals surface area contributed by atoms with Gasteiger partial charge in [0.1, 0.15) is 89.3 Å². The summed E-state index contributed by atoms with van der Waals surface area (Å²) < 4.78 is 46.4. The predicted octanol–water partition coefficient (Wildman–Crippen LogP) is -2.24. The number of phenols is 4.